The van der Waals surface area contributed by atoms with Gasteiger partial charge in [0.2, 0.25) is 0 Å². The van der Waals surface area contributed by atoms with Crippen LogP contribution < -0.4 is 5.32 Å². The monoisotopic (exact) mass is 259 g/mol. The molecule has 94 valence electrons. The number of Topliss-reactive ketones (excluding diaryl/α,β-unsaturated/α-hetero) is 1. The van der Waals surface area contributed by atoms with Crippen molar-refractivity contribution < 1.29 is 4.79 Å². The SMILES string of the molecule is CC(=O)[C@H](Cc1ccccc1)NCc1cccs1. The maximum atomic E-state index is 11.6. The van der Waals surface area contributed by atoms with Crippen molar-refractivity contribution in [3.8, 4) is 0 Å². The lowest BCUT2D eigenvalue weighted by Gasteiger charge is -2.15. The number of benzene rings is 1. The molecule has 0 unspecified atom stereocenters. The van der Waals surface area contributed by atoms with E-state index in [4.69, 9.17) is 0 Å². The highest BCUT2D eigenvalue weighted by atomic mass is 32.1. The summed E-state index contributed by atoms with van der Waals surface area (Å²) in [5, 5.41) is 5.38. The summed E-state index contributed by atoms with van der Waals surface area (Å²) in [6.45, 7) is 2.41. The molecule has 1 aromatic carbocycles. The van der Waals surface area contributed by atoms with Crippen molar-refractivity contribution in [2.24, 2.45) is 0 Å². The van der Waals surface area contributed by atoms with Gasteiger partial charge in [-0.2, -0.15) is 0 Å². The zero-order chi connectivity index (χ0) is 12.8. The van der Waals surface area contributed by atoms with E-state index in [1.165, 1.54) is 10.4 Å². The number of hydrogen-bond donors (Lipinski definition) is 1. The van der Waals surface area contributed by atoms with E-state index in [1.807, 2.05) is 24.3 Å². The van der Waals surface area contributed by atoms with Gasteiger partial charge in [-0.3, -0.25) is 4.79 Å². The number of carbonyl (C=O) groups excluding carboxylic acids is 1. The van der Waals surface area contributed by atoms with Gasteiger partial charge in [0.25, 0.3) is 0 Å². The number of carbonyl (C=O) groups is 1. The molecule has 18 heavy (non-hydrogen) atoms. The Labute approximate surface area is 112 Å². The number of rotatable bonds is 6. The fourth-order valence-corrected chi connectivity index (χ4v) is 2.50. The summed E-state index contributed by atoms with van der Waals surface area (Å²) >= 11 is 1.71. The van der Waals surface area contributed by atoms with Crippen LogP contribution in [0.5, 0.6) is 0 Å². The predicted molar refractivity (Wildman–Crippen MR) is 75.8 cm³/mol. The lowest BCUT2D eigenvalue weighted by atomic mass is 10.0. The van der Waals surface area contributed by atoms with Crippen molar-refractivity contribution in [1.29, 1.82) is 0 Å². The zero-order valence-corrected chi connectivity index (χ0v) is 11.2. The Morgan fingerprint density at radius 3 is 2.61 bits per heavy atom. The minimum Gasteiger partial charge on any atom is -0.302 e. The second kappa shape index (κ2) is 6.47. The number of ketones is 1. The minimum absolute atomic E-state index is 0.102. The summed E-state index contributed by atoms with van der Waals surface area (Å²) in [4.78, 5) is 12.9. The van der Waals surface area contributed by atoms with Gasteiger partial charge in [-0.15, -0.1) is 11.3 Å². The van der Waals surface area contributed by atoms with Gasteiger partial charge in [0.15, 0.2) is 0 Å². The van der Waals surface area contributed by atoms with Crippen LogP contribution in [0.1, 0.15) is 17.4 Å². The molecule has 0 aliphatic rings. The maximum Gasteiger partial charge on any atom is 0.147 e. The van der Waals surface area contributed by atoms with E-state index in [0.717, 1.165) is 13.0 Å². The molecule has 3 heteroatoms. The molecule has 0 aliphatic heterocycles. The van der Waals surface area contributed by atoms with Gasteiger partial charge in [0.05, 0.1) is 6.04 Å². The molecule has 1 N–H and O–H groups in total. The average Bonchev–Trinajstić information content (AvgIpc) is 2.88. The zero-order valence-electron chi connectivity index (χ0n) is 10.4. The number of hydrogen-bond acceptors (Lipinski definition) is 3. The molecular weight excluding hydrogens is 242 g/mol. The van der Waals surface area contributed by atoms with E-state index >= 15 is 0 Å². The second-order valence-corrected chi connectivity index (χ2v) is 5.35. The standard InChI is InChI=1S/C15H17NOS/c1-12(17)15(10-13-6-3-2-4-7-13)16-11-14-8-5-9-18-14/h2-9,15-16H,10-11H2,1H3/t15-/m0/s1. The molecule has 0 radical (unpaired) electrons. The van der Waals surface area contributed by atoms with Gasteiger partial charge in [-0.05, 0) is 30.4 Å². The topological polar surface area (TPSA) is 29.1 Å². The molecule has 0 amide bonds. The van der Waals surface area contributed by atoms with Crippen LogP contribution in [0.15, 0.2) is 47.8 Å². The van der Waals surface area contributed by atoms with Gasteiger partial charge in [0, 0.05) is 11.4 Å². The Kier molecular flexibility index (Phi) is 4.67. The summed E-state index contributed by atoms with van der Waals surface area (Å²) in [7, 11) is 0. The first kappa shape index (κ1) is 13.0. The normalized spacial score (nSPS) is 12.3. The molecule has 1 atom stereocenters. The first-order chi connectivity index (χ1) is 8.75. The lowest BCUT2D eigenvalue weighted by molar-refractivity contribution is -0.119. The van der Waals surface area contributed by atoms with E-state index < -0.39 is 0 Å². The molecule has 0 spiro atoms. The van der Waals surface area contributed by atoms with Crippen molar-refractivity contribution >= 4 is 17.1 Å². The molecule has 2 nitrogen and oxygen atoms in total. The Bertz CT molecular complexity index is 478. The van der Waals surface area contributed by atoms with Crippen LogP contribution in [0.3, 0.4) is 0 Å². The Hall–Kier alpha value is -1.45. The molecule has 1 aromatic heterocycles. The van der Waals surface area contributed by atoms with Crippen LogP contribution in [-0.2, 0) is 17.8 Å². The van der Waals surface area contributed by atoms with Gasteiger partial charge >= 0.3 is 0 Å². The summed E-state index contributed by atoms with van der Waals surface area (Å²) in [5.74, 6) is 0.190. The van der Waals surface area contributed by atoms with Crippen LogP contribution in [0.4, 0.5) is 0 Å². The first-order valence-corrected chi connectivity index (χ1v) is 6.94. The van der Waals surface area contributed by atoms with E-state index in [9.17, 15) is 4.79 Å². The molecule has 0 saturated carbocycles. The summed E-state index contributed by atoms with van der Waals surface area (Å²) < 4.78 is 0. The van der Waals surface area contributed by atoms with Crippen molar-refractivity contribution in [3.05, 3.63) is 58.3 Å². The lowest BCUT2D eigenvalue weighted by Crippen LogP contribution is -2.36. The van der Waals surface area contributed by atoms with Crippen LogP contribution in [0, 0.1) is 0 Å². The second-order valence-electron chi connectivity index (χ2n) is 4.31. The smallest absolute Gasteiger partial charge is 0.147 e. The Balaban J connectivity index is 1.94. The molecular formula is C15H17NOS. The molecule has 0 fully saturated rings. The Morgan fingerprint density at radius 1 is 1.22 bits per heavy atom. The fraction of sp³-hybridized carbons (Fsp3) is 0.267. The highest BCUT2D eigenvalue weighted by Crippen LogP contribution is 2.09. The first-order valence-electron chi connectivity index (χ1n) is 6.06. The van der Waals surface area contributed by atoms with Crippen molar-refractivity contribution in [3.63, 3.8) is 0 Å². The van der Waals surface area contributed by atoms with Crippen LogP contribution >= 0.6 is 11.3 Å². The van der Waals surface area contributed by atoms with E-state index in [1.54, 1.807) is 18.3 Å². The van der Waals surface area contributed by atoms with Gasteiger partial charge in [-0.25, -0.2) is 0 Å². The average molecular weight is 259 g/mol. The summed E-state index contributed by atoms with van der Waals surface area (Å²) in [5.41, 5.74) is 1.19. The Morgan fingerprint density at radius 2 is 2.00 bits per heavy atom. The van der Waals surface area contributed by atoms with Gasteiger partial charge < -0.3 is 5.32 Å². The minimum atomic E-state index is -0.102. The molecule has 2 aromatic rings. The largest absolute Gasteiger partial charge is 0.302 e. The van der Waals surface area contributed by atoms with Crippen LogP contribution in [-0.4, -0.2) is 11.8 Å². The number of nitrogens with one attached hydrogen (secondary N) is 1. The van der Waals surface area contributed by atoms with Crippen molar-refractivity contribution in [2.75, 3.05) is 0 Å². The van der Waals surface area contributed by atoms with Gasteiger partial charge in [-0.1, -0.05) is 36.4 Å². The van der Waals surface area contributed by atoms with E-state index in [-0.39, 0.29) is 11.8 Å². The third kappa shape index (κ3) is 3.79. The van der Waals surface area contributed by atoms with E-state index in [2.05, 4.69) is 28.9 Å². The van der Waals surface area contributed by atoms with E-state index in [0.29, 0.717) is 0 Å². The van der Waals surface area contributed by atoms with Gasteiger partial charge in [0.1, 0.15) is 5.78 Å². The third-order valence-electron chi connectivity index (χ3n) is 2.88. The molecule has 0 aliphatic carbocycles. The van der Waals surface area contributed by atoms with Crippen molar-refractivity contribution in [1.82, 2.24) is 5.32 Å². The summed E-state index contributed by atoms with van der Waals surface area (Å²) in [6.07, 6.45) is 0.752. The predicted octanol–water partition coefficient (Wildman–Crippen LogP) is 3.04. The third-order valence-corrected chi connectivity index (χ3v) is 3.75. The fourth-order valence-electron chi connectivity index (χ4n) is 1.85. The molecule has 0 bridgehead atoms. The highest BCUT2D eigenvalue weighted by molar-refractivity contribution is 7.09. The molecule has 1 heterocycles. The highest BCUT2D eigenvalue weighted by Gasteiger charge is 2.14. The van der Waals surface area contributed by atoms with Crippen LogP contribution in [0.25, 0.3) is 0 Å². The molecule has 0 saturated heterocycles. The summed E-state index contributed by atoms with van der Waals surface area (Å²) in [6, 6.07) is 14.1. The van der Waals surface area contributed by atoms with Crippen LogP contribution in [0.2, 0.25) is 0 Å². The van der Waals surface area contributed by atoms with Crippen molar-refractivity contribution in [2.45, 2.75) is 25.9 Å². The number of thiophene rings is 1. The maximum absolute atomic E-state index is 11.6. The quantitative estimate of drug-likeness (QED) is 0.864. The molecule has 2 rings (SSSR count).